The zero-order valence-corrected chi connectivity index (χ0v) is 20.7. The van der Waals surface area contributed by atoms with Gasteiger partial charge < -0.3 is 14.5 Å². The van der Waals surface area contributed by atoms with Gasteiger partial charge >= 0.3 is 0 Å². The van der Waals surface area contributed by atoms with Crippen LogP contribution in [-0.2, 0) is 4.74 Å². The highest BCUT2D eigenvalue weighted by Gasteiger charge is 2.20. The van der Waals surface area contributed by atoms with Crippen LogP contribution in [0.15, 0.2) is 34.2 Å². The van der Waals surface area contributed by atoms with E-state index in [0.717, 1.165) is 39.4 Å². The summed E-state index contributed by atoms with van der Waals surface area (Å²) in [5.41, 5.74) is 6.45. The highest BCUT2D eigenvalue weighted by molar-refractivity contribution is 14.2. The quantitative estimate of drug-likeness (QED) is 0.402. The van der Waals surface area contributed by atoms with Gasteiger partial charge in [-0.3, -0.25) is 0 Å². The predicted octanol–water partition coefficient (Wildman–Crippen LogP) is 4.89. The number of nitrogens with zero attached hydrogens (tertiary/aromatic N) is 3. The van der Waals surface area contributed by atoms with Crippen LogP contribution in [0.1, 0.15) is 11.1 Å². The first-order chi connectivity index (χ1) is 14.1. The maximum absolute atomic E-state index is 5.55. The molecule has 5 rings (SSSR count). The molecule has 1 unspecified atom stereocenters. The topological polar surface area (TPSA) is 28.1 Å². The molecule has 3 aliphatic rings. The van der Waals surface area contributed by atoms with Gasteiger partial charge in [-0.25, -0.2) is 4.99 Å². The van der Waals surface area contributed by atoms with Gasteiger partial charge in [-0.1, -0.05) is 7.66 Å². The summed E-state index contributed by atoms with van der Waals surface area (Å²) in [6.07, 6.45) is 0. The second kappa shape index (κ2) is 8.40. The first-order valence-corrected chi connectivity index (χ1v) is 15.1. The second-order valence-corrected chi connectivity index (χ2v) is 13.0. The van der Waals surface area contributed by atoms with Crippen molar-refractivity contribution >= 4 is 57.7 Å². The molecule has 29 heavy (non-hydrogen) atoms. The summed E-state index contributed by atoms with van der Waals surface area (Å²) in [6.45, 7) is 10.3. The van der Waals surface area contributed by atoms with E-state index < -0.39 is 0 Å². The second-order valence-electron chi connectivity index (χ2n) is 7.79. The molecule has 0 aromatic heterocycles. The van der Waals surface area contributed by atoms with E-state index in [9.17, 15) is 0 Å². The molecule has 2 aromatic rings. The molecule has 0 aliphatic carbocycles. The van der Waals surface area contributed by atoms with Crippen LogP contribution in [0.3, 0.4) is 0 Å². The number of anilines is 2. The standard InChI is InChI=1S/C22H26IN3OS2/c1-15-11-17(25-3-7-27-8-4-25)13-19-21(15)24-22-16(2)12-18(14-20(22)29(19)23)26-5-9-28-10-6-26/h11-14H,3-10H2,1-2H3. The minimum absolute atomic E-state index is 0.00362. The Balaban J connectivity index is 1.64. The summed E-state index contributed by atoms with van der Waals surface area (Å²) in [6, 6.07) is 9.45. The van der Waals surface area contributed by atoms with E-state index in [2.05, 4.69) is 80.9 Å². The molecule has 3 aliphatic heterocycles. The van der Waals surface area contributed by atoms with Crippen LogP contribution in [-0.4, -0.2) is 50.9 Å². The van der Waals surface area contributed by atoms with E-state index in [1.807, 2.05) is 0 Å². The fraction of sp³-hybridized carbons (Fsp3) is 0.455. The van der Waals surface area contributed by atoms with Gasteiger partial charge in [0.25, 0.3) is 0 Å². The summed E-state index contributed by atoms with van der Waals surface area (Å²) in [5.74, 6) is 2.45. The normalized spacial score (nSPS) is 21.4. The number of benzene rings is 2. The number of halogens is 1. The van der Waals surface area contributed by atoms with Gasteiger partial charge in [0.1, 0.15) is 0 Å². The summed E-state index contributed by atoms with van der Waals surface area (Å²) in [4.78, 5) is 11.6. The van der Waals surface area contributed by atoms with Gasteiger partial charge in [0, 0.05) is 58.5 Å². The smallest absolute Gasteiger partial charge is 0.0806 e. The molecule has 0 bridgehead atoms. The summed E-state index contributed by atoms with van der Waals surface area (Å²) in [7, 11) is -0.00362. The van der Waals surface area contributed by atoms with E-state index in [-0.39, 0.29) is 7.66 Å². The monoisotopic (exact) mass is 539 g/mol. The van der Waals surface area contributed by atoms with Gasteiger partial charge in [0.15, 0.2) is 0 Å². The Morgan fingerprint density at radius 3 is 2.34 bits per heavy atom. The molecule has 2 aromatic carbocycles. The maximum Gasteiger partial charge on any atom is 0.0806 e. The average molecular weight is 540 g/mol. The Kier molecular flexibility index (Phi) is 5.84. The van der Waals surface area contributed by atoms with Crippen molar-refractivity contribution in [1.82, 2.24) is 0 Å². The minimum Gasteiger partial charge on any atom is -0.378 e. The van der Waals surface area contributed by atoms with Crippen molar-refractivity contribution in [3.63, 3.8) is 0 Å². The van der Waals surface area contributed by atoms with Crippen molar-refractivity contribution in [2.45, 2.75) is 18.7 Å². The van der Waals surface area contributed by atoms with E-state index in [1.54, 1.807) is 0 Å². The van der Waals surface area contributed by atoms with Crippen molar-refractivity contribution < 1.29 is 4.74 Å². The lowest BCUT2D eigenvalue weighted by molar-refractivity contribution is 0.122. The zero-order chi connectivity index (χ0) is 20.0. The molecule has 0 spiro atoms. The predicted molar refractivity (Wildman–Crippen MR) is 134 cm³/mol. The molecule has 1 atom stereocenters. The Morgan fingerprint density at radius 2 is 1.59 bits per heavy atom. The van der Waals surface area contributed by atoms with Crippen molar-refractivity contribution in [2.24, 2.45) is 4.99 Å². The molecule has 7 heteroatoms. The van der Waals surface area contributed by atoms with Gasteiger partial charge in [-0.2, -0.15) is 11.8 Å². The van der Waals surface area contributed by atoms with Crippen molar-refractivity contribution in [2.75, 3.05) is 60.7 Å². The Labute approximate surface area is 191 Å². The molecule has 0 saturated carbocycles. The van der Waals surface area contributed by atoms with Crippen LogP contribution in [0.25, 0.3) is 0 Å². The Morgan fingerprint density at radius 1 is 0.931 bits per heavy atom. The fourth-order valence-electron chi connectivity index (χ4n) is 4.26. The van der Waals surface area contributed by atoms with Crippen LogP contribution in [0.2, 0.25) is 0 Å². The summed E-state index contributed by atoms with van der Waals surface area (Å²) >= 11 is 4.71. The molecule has 0 amide bonds. The number of hydrogen-bond acceptors (Lipinski definition) is 5. The molecule has 154 valence electrons. The van der Waals surface area contributed by atoms with Crippen LogP contribution >= 0.6 is 40.6 Å². The number of thioether (sulfide) groups is 1. The highest BCUT2D eigenvalue weighted by atomic mass is 127. The summed E-state index contributed by atoms with van der Waals surface area (Å²) < 4.78 is 6.93. The number of hydrogen-bond donors (Lipinski definition) is 0. The number of ether oxygens (including phenoxy) is 1. The minimum atomic E-state index is -0.00362. The van der Waals surface area contributed by atoms with Gasteiger partial charge in [-0.15, -0.1) is 0 Å². The van der Waals surface area contributed by atoms with E-state index in [0.29, 0.717) is 0 Å². The SMILES string of the molecule is Cc1cc(N2CCSCC2)cc2c1N=c1c(C)cc(N3CCOCC3)cc1=S2I. The third-order valence-electron chi connectivity index (χ3n) is 5.86. The van der Waals surface area contributed by atoms with Gasteiger partial charge in [-0.05, 0) is 70.4 Å². The van der Waals surface area contributed by atoms with Crippen molar-refractivity contribution in [3.8, 4) is 0 Å². The molecule has 2 fully saturated rings. The van der Waals surface area contributed by atoms with Gasteiger partial charge in [0.05, 0.1) is 24.3 Å². The zero-order valence-electron chi connectivity index (χ0n) is 16.9. The Hall–Kier alpha value is -0.770. The molecule has 4 nitrogen and oxygen atoms in total. The molecule has 3 heterocycles. The number of rotatable bonds is 2. The summed E-state index contributed by atoms with van der Waals surface area (Å²) in [5, 5.41) is 1.18. The lowest BCUT2D eigenvalue weighted by atomic mass is 10.1. The molecular formula is C22H26IN3OS2. The van der Waals surface area contributed by atoms with E-state index >= 15 is 0 Å². The van der Waals surface area contributed by atoms with E-state index in [4.69, 9.17) is 9.73 Å². The first kappa shape index (κ1) is 20.2. The fourth-order valence-corrected chi connectivity index (χ4v) is 8.61. The van der Waals surface area contributed by atoms with Gasteiger partial charge in [0.2, 0.25) is 0 Å². The molecule has 0 N–H and O–H groups in total. The average Bonchev–Trinajstić information content (AvgIpc) is 2.76. The van der Waals surface area contributed by atoms with Crippen molar-refractivity contribution in [3.05, 3.63) is 45.3 Å². The largest absolute Gasteiger partial charge is 0.378 e. The number of fused-ring (bicyclic) bond motifs is 2. The molecule has 2 saturated heterocycles. The lowest BCUT2D eigenvalue weighted by Crippen LogP contribution is -2.36. The van der Waals surface area contributed by atoms with Crippen LogP contribution in [0.4, 0.5) is 17.1 Å². The maximum atomic E-state index is 5.55. The lowest BCUT2D eigenvalue weighted by Gasteiger charge is -2.30. The van der Waals surface area contributed by atoms with Crippen LogP contribution in [0, 0.1) is 18.4 Å². The number of morpholine rings is 1. The van der Waals surface area contributed by atoms with Crippen LogP contribution < -0.4 is 15.2 Å². The number of aryl methyl sites for hydroxylation is 2. The molecule has 0 radical (unpaired) electrons. The first-order valence-electron chi connectivity index (χ1n) is 10.2. The Bertz CT molecular complexity index is 1080. The molecular weight excluding hydrogens is 513 g/mol. The van der Waals surface area contributed by atoms with E-state index in [1.165, 1.54) is 54.5 Å². The third-order valence-corrected chi connectivity index (χ3v) is 11.0. The third kappa shape index (κ3) is 3.83. The van der Waals surface area contributed by atoms with Crippen LogP contribution in [0.5, 0.6) is 0 Å². The highest BCUT2D eigenvalue weighted by Crippen LogP contribution is 2.48. The van der Waals surface area contributed by atoms with Crippen molar-refractivity contribution in [1.29, 1.82) is 0 Å².